The molecule has 1 aromatic carbocycles. The minimum absolute atomic E-state index is 0.137. The van der Waals surface area contributed by atoms with Gasteiger partial charge in [-0.3, -0.25) is 4.79 Å². The van der Waals surface area contributed by atoms with Gasteiger partial charge in [-0.15, -0.1) is 0 Å². The van der Waals surface area contributed by atoms with E-state index in [4.69, 9.17) is 23.2 Å². The molecular weight excluding hydrogens is 285 g/mol. The fraction of sp³-hybridized carbons (Fsp3) is 0.500. The van der Waals surface area contributed by atoms with Gasteiger partial charge < -0.3 is 10.0 Å². The zero-order chi connectivity index (χ0) is 13.8. The molecule has 3 nitrogen and oxygen atoms in total. The number of aliphatic hydroxyl groups excluding tert-OH is 1. The highest BCUT2D eigenvalue weighted by atomic mass is 35.5. The normalized spacial score (nSPS) is 16.7. The van der Waals surface area contributed by atoms with Crippen molar-refractivity contribution in [1.82, 2.24) is 4.90 Å². The average molecular weight is 302 g/mol. The van der Waals surface area contributed by atoms with Crippen molar-refractivity contribution in [2.24, 2.45) is 0 Å². The number of halogens is 2. The van der Waals surface area contributed by atoms with Crippen molar-refractivity contribution in [1.29, 1.82) is 0 Å². The molecule has 1 amide bonds. The maximum atomic E-state index is 12.0. The van der Waals surface area contributed by atoms with E-state index in [1.807, 2.05) is 11.0 Å². The van der Waals surface area contributed by atoms with E-state index in [0.717, 1.165) is 5.56 Å². The van der Waals surface area contributed by atoms with Crippen LogP contribution in [0.2, 0.25) is 10.0 Å². The van der Waals surface area contributed by atoms with E-state index in [9.17, 15) is 9.90 Å². The molecule has 1 saturated heterocycles. The molecule has 0 unspecified atom stereocenters. The Hall–Kier alpha value is -0.770. The molecule has 19 heavy (non-hydrogen) atoms. The lowest BCUT2D eigenvalue weighted by Crippen LogP contribution is -2.40. The van der Waals surface area contributed by atoms with Gasteiger partial charge in [0.2, 0.25) is 5.91 Å². The number of carbonyl (C=O) groups is 1. The van der Waals surface area contributed by atoms with Crippen molar-refractivity contribution in [2.75, 3.05) is 13.1 Å². The second kappa shape index (κ2) is 6.60. The van der Waals surface area contributed by atoms with Gasteiger partial charge in [0.25, 0.3) is 0 Å². The first-order chi connectivity index (χ1) is 9.06. The van der Waals surface area contributed by atoms with Gasteiger partial charge in [0, 0.05) is 19.5 Å². The van der Waals surface area contributed by atoms with Crippen LogP contribution in [0.4, 0.5) is 0 Å². The fourth-order valence-electron chi connectivity index (χ4n) is 2.22. The van der Waals surface area contributed by atoms with Gasteiger partial charge in [-0.25, -0.2) is 0 Å². The van der Waals surface area contributed by atoms with Gasteiger partial charge in [-0.1, -0.05) is 29.3 Å². The average Bonchev–Trinajstić information content (AvgIpc) is 2.40. The Morgan fingerprint density at radius 2 is 1.95 bits per heavy atom. The summed E-state index contributed by atoms with van der Waals surface area (Å²) in [6, 6.07) is 5.44. The van der Waals surface area contributed by atoms with Crippen LogP contribution in [-0.4, -0.2) is 35.1 Å². The molecule has 0 radical (unpaired) electrons. The Morgan fingerprint density at radius 3 is 2.58 bits per heavy atom. The number of rotatable bonds is 3. The summed E-state index contributed by atoms with van der Waals surface area (Å²) in [5.41, 5.74) is 1.01. The number of aliphatic hydroxyl groups is 1. The van der Waals surface area contributed by atoms with Crippen LogP contribution in [0.1, 0.15) is 24.8 Å². The molecule has 1 N–H and O–H groups in total. The summed E-state index contributed by atoms with van der Waals surface area (Å²) in [5, 5.41) is 10.5. The van der Waals surface area contributed by atoms with E-state index >= 15 is 0 Å². The number of nitrogens with zero attached hydrogens (tertiary/aromatic N) is 1. The van der Waals surface area contributed by atoms with Crippen LogP contribution >= 0.6 is 23.2 Å². The van der Waals surface area contributed by atoms with E-state index in [-0.39, 0.29) is 12.0 Å². The van der Waals surface area contributed by atoms with Crippen molar-refractivity contribution in [2.45, 2.75) is 31.8 Å². The topological polar surface area (TPSA) is 40.5 Å². The Labute approximate surface area is 123 Å². The predicted octanol–water partition coefficient (Wildman–Crippen LogP) is 2.91. The van der Waals surface area contributed by atoms with Gasteiger partial charge in [0.1, 0.15) is 0 Å². The molecule has 0 spiro atoms. The molecule has 1 heterocycles. The van der Waals surface area contributed by atoms with Gasteiger partial charge in [0.15, 0.2) is 0 Å². The summed E-state index contributed by atoms with van der Waals surface area (Å²) in [4.78, 5) is 13.8. The Kier molecular flexibility index (Phi) is 5.08. The number of hydrogen-bond acceptors (Lipinski definition) is 2. The standard InChI is InChI=1S/C14H17Cl2NO2/c15-12-3-1-10(9-13(12)16)2-4-14(19)17-7-5-11(18)6-8-17/h1,3,9,11,18H,2,4-8H2. The molecule has 1 aromatic rings. The zero-order valence-electron chi connectivity index (χ0n) is 10.6. The fourth-order valence-corrected chi connectivity index (χ4v) is 2.54. The number of aryl methyl sites for hydroxylation is 1. The zero-order valence-corrected chi connectivity index (χ0v) is 12.1. The quantitative estimate of drug-likeness (QED) is 0.932. The predicted molar refractivity (Wildman–Crippen MR) is 76.6 cm³/mol. The van der Waals surface area contributed by atoms with Crippen LogP contribution in [0.3, 0.4) is 0 Å². The smallest absolute Gasteiger partial charge is 0.222 e. The van der Waals surface area contributed by atoms with Crippen molar-refractivity contribution in [3.05, 3.63) is 33.8 Å². The van der Waals surface area contributed by atoms with Crippen LogP contribution < -0.4 is 0 Å². The summed E-state index contributed by atoms with van der Waals surface area (Å²) >= 11 is 11.8. The highest BCUT2D eigenvalue weighted by molar-refractivity contribution is 6.42. The summed E-state index contributed by atoms with van der Waals surface area (Å²) < 4.78 is 0. The lowest BCUT2D eigenvalue weighted by atomic mass is 10.1. The third-order valence-electron chi connectivity index (χ3n) is 3.43. The number of hydrogen-bond donors (Lipinski definition) is 1. The van der Waals surface area contributed by atoms with Gasteiger partial charge in [-0.05, 0) is 37.0 Å². The van der Waals surface area contributed by atoms with Crippen LogP contribution in [0.5, 0.6) is 0 Å². The van der Waals surface area contributed by atoms with Crippen molar-refractivity contribution < 1.29 is 9.90 Å². The highest BCUT2D eigenvalue weighted by Gasteiger charge is 2.20. The first-order valence-corrected chi connectivity index (χ1v) is 7.21. The summed E-state index contributed by atoms with van der Waals surface area (Å²) in [5.74, 6) is 0.137. The van der Waals surface area contributed by atoms with E-state index in [1.54, 1.807) is 12.1 Å². The maximum Gasteiger partial charge on any atom is 0.222 e. The first-order valence-electron chi connectivity index (χ1n) is 6.46. The minimum Gasteiger partial charge on any atom is -0.393 e. The van der Waals surface area contributed by atoms with Gasteiger partial charge in [0.05, 0.1) is 16.1 Å². The maximum absolute atomic E-state index is 12.0. The van der Waals surface area contributed by atoms with Crippen LogP contribution in [0.15, 0.2) is 18.2 Å². The molecular formula is C14H17Cl2NO2. The molecule has 104 valence electrons. The second-order valence-corrected chi connectivity index (χ2v) is 5.67. The monoisotopic (exact) mass is 301 g/mol. The lowest BCUT2D eigenvalue weighted by Gasteiger charge is -2.29. The van der Waals surface area contributed by atoms with E-state index in [2.05, 4.69) is 0 Å². The number of likely N-dealkylation sites (tertiary alicyclic amines) is 1. The summed E-state index contributed by atoms with van der Waals surface area (Å²) in [7, 11) is 0. The van der Waals surface area contributed by atoms with Crippen molar-refractivity contribution in [3.8, 4) is 0 Å². The summed E-state index contributed by atoms with van der Waals surface area (Å²) in [6.45, 7) is 1.31. The lowest BCUT2D eigenvalue weighted by molar-refractivity contribution is -0.133. The first kappa shape index (κ1) is 14.6. The Morgan fingerprint density at radius 1 is 1.26 bits per heavy atom. The number of carbonyl (C=O) groups excluding carboxylic acids is 1. The number of benzene rings is 1. The Bertz CT molecular complexity index is 457. The van der Waals surface area contributed by atoms with Gasteiger partial charge in [-0.2, -0.15) is 0 Å². The van der Waals surface area contributed by atoms with Crippen LogP contribution in [-0.2, 0) is 11.2 Å². The van der Waals surface area contributed by atoms with Gasteiger partial charge >= 0.3 is 0 Å². The van der Waals surface area contributed by atoms with Crippen molar-refractivity contribution >= 4 is 29.1 Å². The summed E-state index contributed by atoms with van der Waals surface area (Å²) in [6.07, 6.45) is 2.24. The number of amides is 1. The molecule has 1 aliphatic rings. The van der Waals surface area contributed by atoms with Crippen LogP contribution in [0.25, 0.3) is 0 Å². The van der Waals surface area contributed by atoms with E-state index < -0.39 is 0 Å². The molecule has 1 aliphatic heterocycles. The van der Waals surface area contributed by atoms with Crippen LogP contribution in [0, 0.1) is 0 Å². The number of piperidine rings is 1. The molecule has 5 heteroatoms. The van der Waals surface area contributed by atoms with E-state index in [0.29, 0.717) is 48.8 Å². The molecule has 0 aliphatic carbocycles. The SMILES string of the molecule is O=C(CCc1ccc(Cl)c(Cl)c1)N1CCC(O)CC1. The molecule has 0 atom stereocenters. The van der Waals surface area contributed by atoms with Crippen molar-refractivity contribution in [3.63, 3.8) is 0 Å². The third kappa shape index (κ3) is 4.10. The molecule has 1 fully saturated rings. The Balaban J connectivity index is 1.84. The minimum atomic E-state index is -0.251. The van der Waals surface area contributed by atoms with E-state index in [1.165, 1.54) is 0 Å². The molecule has 0 saturated carbocycles. The highest BCUT2D eigenvalue weighted by Crippen LogP contribution is 2.23. The molecule has 2 rings (SSSR count). The third-order valence-corrected chi connectivity index (χ3v) is 4.17. The largest absolute Gasteiger partial charge is 0.393 e. The second-order valence-electron chi connectivity index (χ2n) is 4.86. The molecule has 0 bridgehead atoms. The molecule has 0 aromatic heterocycles.